The Morgan fingerprint density at radius 2 is 1.93 bits per heavy atom. The van der Waals surface area contributed by atoms with Crippen LogP contribution in [0.1, 0.15) is 17.2 Å². The number of alkyl halides is 3. The molecule has 0 heterocycles. The first-order valence-corrected chi connectivity index (χ1v) is 3.88. The standard InChI is InChI=1S/C9H6F4N2/c10-6-1-2-7(5(3-6)4-14)8(15)9(11,12)13/h1-3,8H,15H2/t8-/m1/s1. The van der Waals surface area contributed by atoms with Crippen molar-refractivity contribution in [1.82, 2.24) is 0 Å². The van der Waals surface area contributed by atoms with Gasteiger partial charge in [-0.05, 0) is 17.7 Å². The molecule has 0 amide bonds. The first kappa shape index (κ1) is 11.5. The van der Waals surface area contributed by atoms with E-state index in [2.05, 4.69) is 0 Å². The molecule has 0 aromatic heterocycles. The van der Waals surface area contributed by atoms with Crippen molar-refractivity contribution in [3.8, 4) is 6.07 Å². The molecule has 1 aromatic carbocycles. The van der Waals surface area contributed by atoms with Crippen molar-refractivity contribution in [2.45, 2.75) is 12.2 Å². The molecule has 0 unspecified atom stereocenters. The van der Waals surface area contributed by atoms with Gasteiger partial charge in [0, 0.05) is 0 Å². The molecule has 0 bridgehead atoms. The molecule has 6 heteroatoms. The summed E-state index contributed by atoms with van der Waals surface area (Å²) in [5, 5.41) is 8.52. The summed E-state index contributed by atoms with van der Waals surface area (Å²) >= 11 is 0. The van der Waals surface area contributed by atoms with E-state index >= 15 is 0 Å². The Labute approximate surface area is 82.9 Å². The van der Waals surface area contributed by atoms with Gasteiger partial charge in [0.05, 0.1) is 11.6 Å². The monoisotopic (exact) mass is 218 g/mol. The van der Waals surface area contributed by atoms with E-state index in [1.165, 1.54) is 6.07 Å². The van der Waals surface area contributed by atoms with Crippen LogP contribution in [-0.2, 0) is 0 Å². The largest absolute Gasteiger partial charge is 0.407 e. The third kappa shape index (κ3) is 2.44. The van der Waals surface area contributed by atoms with Gasteiger partial charge in [-0.25, -0.2) is 4.39 Å². The van der Waals surface area contributed by atoms with Crippen LogP contribution >= 0.6 is 0 Å². The van der Waals surface area contributed by atoms with Crippen LogP contribution in [0.2, 0.25) is 0 Å². The van der Waals surface area contributed by atoms with Gasteiger partial charge in [-0.15, -0.1) is 0 Å². The van der Waals surface area contributed by atoms with E-state index < -0.39 is 29.2 Å². The van der Waals surface area contributed by atoms with Gasteiger partial charge < -0.3 is 5.73 Å². The molecule has 80 valence electrons. The Balaban J connectivity index is 3.21. The topological polar surface area (TPSA) is 49.8 Å². The van der Waals surface area contributed by atoms with Crippen LogP contribution in [0.3, 0.4) is 0 Å². The van der Waals surface area contributed by atoms with E-state index in [1.807, 2.05) is 0 Å². The predicted octanol–water partition coefficient (Wildman–Crippen LogP) is 2.26. The average molecular weight is 218 g/mol. The molecule has 0 aliphatic carbocycles. The minimum Gasteiger partial charge on any atom is -0.316 e. The van der Waals surface area contributed by atoms with Crippen LogP contribution in [0.4, 0.5) is 17.6 Å². The molecule has 1 aromatic rings. The van der Waals surface area contributed by atoms with Gasteiger partial charge in [0.15, 0.2) is 0 Å². The van der Waals surface area contributed by atoms with E-state index in [-0.39, 0.29) is 0 Å². The van der Waals surface area contributed by atoms with Crippen molar-refractivity contribution >= 4 is 0 Å². The van der Waals surface area contributed by atoms with E-state index in [1.54, 1.807) is 0 Å². The lowest BCUT2D eigenvalue weighted by atomic mass is 10.0. The number of hydrogen-bond donors (Lipinski definition) is 1. The number of rotatable bonds is 1. The smallest absolute Gasteiger partial charge is 0.316 e. The first-order chi connectivity index (χ1) is 6.86. The fraction of sp³-hybridized carbons (Fsp3) is 0.222. The average Bonchev–Trinajstić information content (AvgIpc) is 2.15. The highest BCUT2D eigenvalue weighted by Crippen LogP contribution is 2.32. The van der Waals surface area contributed by atoms with Gasteiger partial charge in [-0.2, -0.15) is 18.4 Å². The fourth-order valence-electron chi connectivity index (χ4n) is 1.07. The maximum Gasteiger partial charge on any atom is 0.407 e. The van der Waals surface area contributed by atoms with Crippen LogP contribution in [0.25, 0.3) is 0 Å². The number of nitrogens with two attached hydrogens (primary N) is 1. The molecule has 0 fully saturated rings. The third-order valence-electron chi connectivity index (χ3n) is 1.82. The predicted molar refractivity (Wildman–Crippen MR) is 44.1 cm³/mol. The van der Waals surface area contributed by atoms with Gasteiger partial charge in [0.1, 0.15) is 11.9 Å². The van der Waals surface area contributed by atoms with E-state index in [9.17, 15) is 17.6 Å². The summed E-state index contributed by atoms with van der Waals surface area (Å²) in [4.78, 5) is 0. The van der Waals surface area contributed by atoms with Crippen LogP contribution in [0.15, 0.2) is 18.2 Å². The maximum atomic E-state index is 12.6. The zero-order valence-corrected chi connectivity index (χ0v) is 7.35. The highest BCUT2D eigenvalue weighted by atomic mass is 19.4. The van der Waals surface area contributed by atoms with Gasteiger partial charge in [0.25, 0.3) is 0 Å². The second-order valence-corrected chi connectivity index (χ2v) is 2.86. The second-order valence-electron chi connectivity index (χ2n) is 2.86. The highest BCUT2D eigenvalue weighted by Gasteiger charge is 2.39. The number of hydrogen-bond acceptors (Lipinski definition) is 2. The van der Waals surface area contributed by atoms with Crippen molar-refractivity contribution in [1.29, 1.82) is 5.26 Å². The van der Waals surface area contributed by atoms with E-state index in [0.29, 0.717) is 0 Å². The zero-order valence-electron chi connectivity index (χ0n) is 7.35. The molecule has 15 heavy (non-hydrogen) atoms. The van der Waals surface area contributed by atoms with Crippen molar-refractivity contribution in [2.24, 2.45) is 5.73 Å². The molecule has 0 spiro atoms. The first-order valence-electron chi connectivity index (χ1n) is 3.88. The van der Waals surface area contributed by atoms with Crippen molar-refractivity contribution < 1.29 is 17.6 Å². The minimum absolute atomic E-state index is 0.403. The van der Waals surface area contributed by atoms with Crippen LogP contribution in [-0.4, -0.2) is 6.18 Å². The molecule has 1 rings (SSSR count). The molecule has 0 radical (unpaired) electrons. The summed E-state index contributed by atoms with van der Waals surface area (Å²) in [7, 11) is 0. The second kappa shape index (κ2) is 3.87. The SMILES string of the molecule is N#Cc1cc(F)ccc1[C@@H](N)C(F)(F)F. The summed E-state index contributed by atoms with van der Waals surface area (Å²) in [5.41, 5.74) is 4.07. The van der Waals surface area contributed by atoms with Gasteiger partial charge in [-0.3, -0.25) is 0 Å². The molecule has 0 aliphatic heterocycles. The Morgan fingerprint density at radius 1 is 1.33 bits per heavy atom. The number of halogens is 4. The minimum atomic E-state index is -4.65. The van der Waals surface area contributed by atoms with Crippen LogP contribution in [0.5, 0.6) is 0 Å². The molecular weight excluding hydrogens is 212 g/mol. The quantitative estimate of drug-likeness (QED) is 0.735. The molecule has 1 atom stereocenters. The summed E-state index contributed by atoms with van der Waals surface area (Å²) in [6, 6.07) is 1.62. The van der Waals surface area contributed by atoms with Crippen molar-refractivity contribution in [3.05, 3.63) is 35.1 Å². The summed E-state index contributed by atoms with van der Waals surface area (Å²) < 4.78 is 49.3. The van der Waals surface area contributed by atoms with Gasteiger partial charge in [0.2, 0.25) is 0 Å². The Kier molecular flexibility index (Phi) is 2.95. The van der Waals surface area contributed by atoms with Gasteiger partial charge >= 0.3 is 6.18 Å². The Hall–Kier alpha value is -1.61. The van der Waals surface area contributed by atoms with Crippen LogP contribution < -0.4 is 5.73 Å². The van der Waals surface area contributed by atoms with Crippen molar-refractivity contribution in [2.75, 3.05) is 0 Å². The molecule has 0 saturated heterocycles. The highest BCUT2D eigenvalue weighted by molar-refractivity contribution is 5.40. The van der Waals surface area contributed by atoms with Crippen molar-refractivity contribution in [3.63, 3.8) is 0 Å². The molecule has 0 saturated carbocycles. The third-order valence-corrected chi connectivity index (χ3v) is 1.82. The zero-order chi connectivity index (χ0) is 11.6. The summed E-state index contributed by atoms with van der Waals surface area (Å²) in [6.07, 6.45) is -4.65. The van der Waals surface area contributed by atoms with Crippen LogP contribution in [0, 0.1) is 17.1 Å². The summed E-state index contributed by atoms with van der Waals surface area (Å²) in [6.45, 7) is 0. The number of nitrogens with zero attached hydrogens (tertiary/aromatic N) is 1. The molecular formula is C9H6F4N2. The Morgan fingerprint density at radius 3 is 2.40 bits per heavy atom. The Bertz CT molecular complexity index is 406. The molecule has 2 N–H and O–H groups in total. The van der Waals surface area contributed by atoms with Gasteiger partial charge in [-0.1, -0.05) is 6.07 Å². The lowest BCUT2D eigenvalue weighted by Crippen LogP contribution is -2.29. The number of nitriles is 1. The lowest BCUT2D eigenvalue weighted by Gasteiger charge is -2.16. The maximum absolute atomic E-state index is 12.6. The van der Waals surface area contributed by atoms with E-state index in [4.69, 9.17) is 11.0 Å². The number of benzene rings is 1. The molecule has 0 aliphatic rings. The fourth-order valence-corrected chi connectivity index (χ4v) is 1.07. The van der Waals surface area contributed by atoms with E-state index in [0.717, 1.165) is 18.2 Å². The normalized spacial score (nSPS) is 13.3. The lowest BCUT2D eigenvalue weighted by molar-refractivity contribution is -0.149. The molecule has 2 nitrogen and oxygen atoms in total. The summed E-state index contributed by atoms with van der Waals surface area (Å²) in [5.74, 6) is -0.773.